The number of aromatic nitrogens is 1. The molecule has 0 bridgehead atoms. The van der Waals surface area contributed by atoms with E-state index >= 15 is 0 Å². The van der Waals surface area contributed by atoms with Crippen molar-refractivity contribution >= 4 is 17.8 Å². The second kappa shape index (κ2) is 7.46. The fourth-order valence-corrected chi connectivity index (χ4v) is 3.59. The Kier molecular flexibility index (Phi) is 4.85. The topological polar surface area (TPSA) is 122 Å². The number of carboxylic acids is 1. The van der Waals surface area contributed by atoms with Gasteiger partial charge in [-0.25, -0.2) is 0 Å². The maximum atomic E-state index is 12.3. The molecule has 4 rings (SSSR count). The molecule has 2 amide bonds. The highest BCUT2D eigenvalue weighted by atomic mass is 16.5. The van der Waals surface area contributed by atoms with E-state index in [1.807, 2.05) is 30.3 Å². The first kappa shape index (κ1) is 18.2. The number of amides is 2. The maximum Gasteiger partial charge on any atom is 0.306 e. The molecule has 0 spiro atoms. The van der Waals surface area contributed by atoms with Crippen LogP contribution in [0.1, 0.15) is 36.2 Å². The lowest BCUT2D eigenvalue weighted by molar-refractivity contribution is -0.146. The average molecular weight is 383 g/mol. The first-order valence-corrected chi connectivity index (χ1v) is 9.36. The van der Waals surface area contributed by atoms with Gasteiger partial charge in [0, 0.05) is 29.6 Å². The Morgan fingerprint density at radius 1 is 0.964 bits per heavy atom. The number of benzene rings is 1. The molecule has 146 valence electrons. The van der Waals surface area contributed by atoms with Crippen LogP contribution in [0.2, 0.25) is 0 Å². The Balaban J connectivity index is 1.22. The smallest absolute Gasteiger partial charge is 0.306 e. The summed E-state index contributed by atoms with van der Waals surface area (Å²) in [5.41, 5.74) is 1.46. The first-order chi connectivity index (χ1) is 13.5. The van der Waals surface area contributed by atoms with Crippen molar-refractivity contribution in [3.63, 3.8) is 0 Å². The van der Waals surface area contributed by atoms with Crippen LogP contribution in [-0.4, -0.2) is 40.1 Å². The molecule has 0 aliphatic heterocycles. The van der Waals surface area contributed by atoms with Crippen LogP contribution in [0.3, 0.4) is 0 Å². The van der Waals surface area contributed by atoms with E-state index in [1.54, 1.807) is 6.07 Å². The van der Waals surface area contributed by atoms with Gasteiger partial charge in [0.15, 0.2) is 0 Å². The molecule has 0 unspecified atom stereocenters. The Morgan fingerprint density at radius 3 is 2.29 bits per heavy atom. The van der Waals surface area contributed by atoms with Gasteiger partial charge in [-0.05, 0) is 25.7 Å². The van der Waals surface area contributed by atoms with Crippen molar-refractivity contribution in [2.45, 2.75) is 37.8 Å². The minimum absolute atomic E-state index is 0.0483. The third kappa shape index (κ3) is 3.76. The van der Waals surface area contributed by atoms with Crippen molar-refractivity contribution in [1.29, 1.82) is 0 Å². The van der Waals surface area contributed by atoms with Crippen LogP contribution in [0.15, 0.2) is 40.9 Å². The summed E-state index contributed by atoms with van der Waals surface area (Å²) in [6.45, 7) is 0. The van der Waals surface area contributed by atoms with E-state index in [2.05, 4.69) is 15.8 Å². The van der Waals surface area contributed by atoms with Gasteiger partial charge in [-0.15, -0.1) is 0 Å². The van der Waals surface area contributed by atoms with Gasteiger partial charge in [0.05, 0.1) is 5.92 Å². The number of rotatable bonds is 6. The normalized spacial score (nSPS) is 25.9. The van der Waals surface area contributed by atoms with Crippen molar-refractivity contribution in [3.05, 3.63) is 42.2 Å². The lowest BCUT2D eigenvalue weighted by Crippen LogP contribution is -2.53. The minimum Gasteiger partial charge on any atom is -0.481 e. The van der Waals surface area contributed by atoms with Gasteiger partial charge in [-0.1, -0.05) is 35.5 Å². The second-order valence-corrected chi connectivity index (χ2v) is 7.49. The minimum atomic E-state index is -0.806. The summed E-state index contributed by atoms with van der Waals surface area (Å²) < 4.78 is 5.14. The number of hydrogen-bond acceptors (Lipinski definition) is 5. The number of carboxylic acid groups (broad SMARTS) is 1. The number of aliphatic carboxylic acids is 1. The molecule has 2 aliphatic rings. The van der Waals surface area contributed by atoms with Crippen LogP contribution in [0.5, 0.6) is 0 Å². The van der Waals surface area contributed by atoms with E-state index in [1.165, 1.54) is 0 Å². The van der Waals surface area contributed by atoms with Crippen LogP contribution in [0.25, 0.3) is 11.3 Å². The highest BCUT2D eigenvalue weighted by molar-refractivity contribution is 5.93. The number of nitrogens with one attached hydrogen (secondary N) is 2. The standard InChI is InChI=1S/C20H21N3O5/c24-18(21-15-8-13(9-15)20(26)27)12-6-14(7-12)22-19(25)17-10-16(23-28-17)11-4-2-1-3-5-11/h1-5,10,12-15H,6-9H2,(H,21,24)(H,22,25)(H,26,27)/t12-,13-,14-,15-. The SMILES string of the molecule is O=C(N[C@H]1C[C@H](C(=O)N[C@H]2C[C@H](C(=O)O)C2)C1)c1cc(-c2ccccc2)no1. The van der Waals surface area contributed by atoms with Gasteiger partial charge in [0.2, 0.25) is 11.7 Å². The zero-order chi connectivity index (χ0) is 19.7. The highest BCUT2D eigenvalue weighted by Crippen LogP contribution is 2.31. The molecule has 3 N–H and O–H groups in total. The monoisotopic (exact) mass is 383 g/mol. The summed E-state index contributed by atoms with van der Waals surface area (Å²) in [4.78, 5) is 35.3. The summed E-state index contributed by atoms with van der Waals surface area (Å²) in [6.07, 6.45) is 2.10. The van der Waals surface area contributed by atoms with E-state index in [0.717, 1.165) is 5.56 Å². The third-order valence-corrected chi connectivity index (χ3v) is 5.48. The Labute approximate surface area is 161 Å². The number of hydrogen-bond donors (Lipinski definition) is 3. The first-order valence-electron chi connectivity index (χ1n) is 9.36. The summed E-state index contributed by atoms with van der Waals surface area (Å²) >= 11 is 0. The number of carbonyl (C=O) groups is 3. The van der Waals surface area contributed by atoms with Crippen LogP contribution >= 0.6 is 0 Å². The molecule has 2 fully saturated rings. The molecule has 2 aliphatic carbocycles. The van der Waals surface area contributed by atoms with Gasteiger partial charge in [-0.3, -0.25) is 14.4 Å². The molecule has 8 nitrogen and oxygen atoms in total. The van der Waals surface area contributed by atoms with Gasteiger partial charge in [0.1, 0.15) is 5.69 Å². The van der Waals surface area contributed by atoms with Crippen LogP contribution in [0, 0.1) is 11.8 Å². The van der Waals surface area contributed by atoms with Crippen molar-refractivity contribution in [2.75, 3.05) is 0 Å². The highest BCUT2D eigenvalue weighted by Gasteiger charge is 2.40. The lowest BCUT2D eigenvalue weighted by atomic mass is 9.77. The predicted molar refractivity (Wildman–Crippen MR) is 98.2 cm³/mol. The van der Waals surface area contributed by atoms with Crippen molar-refractivity contribution in [3.8, 4) is 11.3 Å². The van der Waals surface area contributed by atoms with Gasteiger partial charge < -0.3 is 20.3 Å². The number of nitrogens with zero attached hydrogens (tertiary/aromatic N) is 1. The fourth-order valence-electron chi connectivity index (χ4n) is 3.59. The van der Waals surface area contributed by atoms with Crippen molar-refractivity contribution in [2.24, 2.45) is 11.8 Å². The Bertz CT molecular complexity index is 882. The molecule has 2 aromatic rings. The van der Waals surface area contributed by atoms with Gasteiger partial charge in [0.25, 0.3) is 5.91 Å². The zero-order valence-electron chi connectivity index (χ0n) is 15.1. The molecule has 1 heterocycles. The van der Waals surface area contributed by atoms with E-state index in [0.29, 0.717) is 31.4 Å². The Morgan fingerprint density at radius 2 is 1.61 bits per heavy atom. The molecular weight excluding hydrogens is 362 g/mol. The third-order valence-electron chi connectivity index (χ3n) is 5.48. The predicted octanol–water partition coefficient (Wildman–Crippen LogP) is 1.83. The van der Waals surface area contributed by atoms with Crippen molar-refractivity contribution in [1.82, 2.24) is 15.8 Å². The maximum absolute atomic E-state index is 12.3. The molecule has 1 aromatic heterocycles. The largest absolute Gasteiger partial charge is 0.481 e. The molecule has 28 heavy (non-hydrogen) atoms. The molecule has 0 atom stereocenters. The summed E-state index contributed by atoms with van der Waals surface area (Å²) in [6, 6.07) is 10.9. The zero-order valence-corrected chi connectivity index (χ0v) is 15.1. The van der Waals surface area contributed by atoms with Crippen LogP contribution in [-0.2, 0) is 9.59 Å². The quantitative estimate of drug-likeness (QED) is 0.700. The van der Waals surface area contributed by atoms with E-state index in [-0.39, 0.29) is 41.5 Å². The molecule has 0 radical (unpaired) electrons. The molecule has 2 saturated carbocycles. The van der Waals surface area contributed by atoms with E-state index in [9.17, 15) is 14.4 Å². The van der Waals surface area contributed by atoms with Crippen LogP contribution < -0.4 is 10.6 Å². The van der Waals surface area contributed by atoms with Crippen molar-refractivity contribution < 1.29 is 24.0 Å². The average Bonchev–Trinajstić information content (AvgIpc) is 3.10. The molecule has 0 saturated heterocycles. The van der Waals surface area contributed by atoms with Gasteiger partial charge >= 0.3 is 5.97 Å². The second-order valence-electron chi connectivity index (χ2n) is 7.49. The summed E-state index contributed by atoms with van der Waals surface area (Å²) in [5.74, 6) is -1.57. The lowest BCUT2D eigenvalue weighted by Gasteiger charge is -2.38. The summed E-state index contributed by atoms with van der Waals surface area (Å²) in [5, 5.41) is 18.5. The summed E-state index contributed by atoms with van der Waals surface area (Å²) in [7, 11) is 0. The number of carbonyl (C=O) groups excluding carboxylic acids is 2. The molecular formula is C20H21N3O5. The van der Waals surface area contributed by atoms with E-state index in [4.69, 9.17) is 9.63 Å². The van der Waals surface area contributed by atoms with Crippen LogP contribution in [0.4, 0.5) is 0 Å². The molecule has 8 heteroatoms. The van der Waals surface area contributed by atoms with Gasteiger partial charge in [-0.2, -0.15) is 0 Å². The fraction of sp³-hybridized carbons (Fsp3) is 0.400. The van der Waals surface area contributed by atoms with E-state index < -0.39 is 5.97 Å². The molecule has 1 aromatic carbocycles. The Hall–Kier alpha value is -3.16.